The van der Waals surface area contributed by atoms with Crippen LogP contribution in [0.1, 0.15) is 17.5 Å². The van der Waals surface area contributed by atoms with Gasteiger partial charge in [0, 0.05) is 6.08 Å². The van der Waals surface area contributed by atoms with Crippen molar-refractivity contribution in [1.82, 2.24) is 0 Å². The minimum atomic E-state index is -1.90. The van der Waals surface area contributed by atoms with Crippen molar-refractivity contribution < 1.29 is 26.7 Å². The third-order valence-corrected chi connectivity index (χ3v) is 2.65. The zero-order valence-electron chi connectivity index (χ0n) is 10.7. The first-order valence-corrected chi connectivity index (χ1v) is 5.85. The molecule has 0 bridgehead atoms. The van der Waals surface area contributed by atoms with E-state index in [1.54, 1.807) is 0 Å². The summed E-state index contributed by atoms with van der Waals surface area (Å²) in [5.74, 6) is -0.809. The number of hydrogen-bond donors (Lipinski definition) is 0. The van der Waals surface area contributed by atoms with E-state index in [-0.39, 0.29) is 24.2 Å². The van der Waals surface area contributed by atoms with Gasteiger partial charge in [-0.05, 0) is 43.0 Å². The van der Waals surface area contributed by atoms with Gasteiger partial charge in [-0.1, -0.05) is 6.07 Å². The highest BCUT2D eigenvalue weighted by molar-refractivity contribution is 5.37. The lowest BCUT2D eigenvalue weighted by atomic mass is 10.0. The van der Waals surface area contributed by atoms with Crippen LogP contribution in [0.5, 0.6) is 5.75 Å². The minimum Gasteiger partial charge on any atom is -0.486 e. The van der Waals surface area contributed by atoms with Crippen molar-refractivity contribution in [2.24, 2.45) is 0 Å². The molecular formula is C14H13F5O. The summed E-state index contributed by atoms with van der Waals surface area (Å²) < 4.78 is 66.1. The van der Waals surface area contributed by atoms with Gasteiger partial charge in [0.05, 0.1) is 0 Å². The molecule has 0 N–H and O–H groups in total. The standard InChI is InChI=1S/C14H13F5O/c1-9-10(3-2-4-12(15)16)5-6-11(14(9)19)20-8-7-13(17)18/h4-7H,2-3,8H2,1H3. The summed E-state index contributed by atoms with van der Waals surface area (Å²) in [7, 11) is 0. The molecular weight excluding hydrogens is 279 g/mol. The molecule has 0 saturated heterocycles. The Labute approximate surface area is 113 Å². The van der Waals surface area contributed by atoms with Gasteiger partial charge in [0.1, 0.15) is 6.61 Å². The van der Waals surface area contributed by atoms with Crippen molar-refractivity contribution in [3.63, 3.8) is 0 Å². The predicted molar refractivity (Wildman–Crippen MR) is 65.6 cm³/mol. The van der Waals surface area contributed by atoms with E-state index in [1.807, 2.05) is 0 Å². The fourth-order valence-electron chi connectivity index (χ4n) is 1.61. The maximum Gasteiger partial charge on any atom is 0.269 e. The third-order valence-electron chi connectivity index (χ3n) is 2.65. The zero-order valence-corrected chi connectivity index (χ0v) is 10.7. The summed E-state index contributed by atoms with van der Waals surface area (Å²) in [5, 5.41) is 0. The highest BCUT2D eigenvalue weighted by atomic mass is 19.3. The minimum absolute atomic E-state index is 0.0959. The molecule has 1 rings (SSSR count). The monoisotopic (exact) mass is 292 g/mol. The van der Waals surface area contributed by atoms with E-state index in [0.717, 1.165) is 6.08 Å². The number of aryl methyl sites for hydroxylation is 1. The van der Waals surface area contributed by atoms with Gasteiger partial charge in [0.25, 0.3) is 12.2 Å². The molecule has 0 atom stereocenters. The summed E-state index contributed by atoms with van der Waals surface area (Å²) in [6.07, 6.45) is -2.03. The summed E-state index contributed by atoms with van der Waals surface area (Å²) >= 11 is 0. The smallest absolute Gasteiger partial charge is 0.269 e. The number of hydrogen-bond acceptors (Lipinski definition) is 1. The van der Waals surface area contributed by atoms with Gasteiger partial charge in [-0.2, -0.15) is 17.6 Å². The molecule has 0 fully saturated rings. The normalized spacial score (nSPS) is 10.1. The van der Waals surface area contributed by atoms with Crippen LogP contribution < -0.4 is 4.74 Å². The lowest BCUT2D eigenvalue weighted by Crippen LogP contribution is -2.00. The molecule has 0 radical (unpaired) electrons. The number of rotatable bonds is 6. The molecule has 1 aromatic rings. The van der Waals surface area contributed by atoms with Crippen LogP contribution in [-0.2, 0) is 6.42 Å². The van der Waals surface area contributed by atoms with Crippen molar-refractivity contribution in [3.8, 4) is 5.75 Å². The van der Waals surface area contributed by atoms with Crippen molar-refractivity contribution in [2.75, 3.05) is 6.61 Å². The van der Waals surface area contributed by atoms with E-state index < -0.39 is 24.6 Å². The molecule has 0 amide bonds. The predicted octanol–water partition coefficient (Wildman–Crippen LogP) is 5.01. The van der Waals surface area contributed by atoms with Crippen LogP contribution in [0.25, 0.3) is 0 Å². The van der Waals surface area contributed by atoms with Gasteiger partial charge in [0.2, 0.25) is 0 Å². The molecule has 0 spiro atoms. The third kappa shape index (κ3) is 5.03. The Hall–Kier alpha value is -1.85. The van der Waals surface area contributed by atoms with E-state index in [9.17, 15) is 22.0 Å². The molecule has 6 heteroatoms. The number of ether oxygens (including phenoxy) is 1. The lowest BCUT2D eigenvalue weighted by molar-refractivity contribution is 0.327. The number of halogens is 5. The Morgan fingerprint density at radius 3 is 2.35 bits per heavy atom. The highest BCUT2D eigenvalue weighted by Crippen LogP contribution is 2.24. The molecule has 1 nitrogen and oxygen atoms in total. The van der Waals surface area contributed by atoms with Crippen LogP contribution in [0.2, 0.25) is 0 Å². The Morgan fingerprint density at radius 2 is 1.75 bits per heavy atom. The van der Waals surface area contributed by atoms with Crippen LogP contribution in [0.15, 0.2) is 36.4 Å². The molecule has 1 aromatic carbocycles. The van der Waals surface area contributed by atoms with Gasteiger partial charge in [0.15, 0.2) is 11.6 Å². The first kappa shape index (κ1) is 16.2. The van der Waals surface area contributed by atoms with Gasteiger partial charge in [-0.25, -0.2) is 4.39 Å². The summed E-state index contributed by atoms with van der Waals surface area (Å²) in [4.78, 5) is 0. The molecule has 0 aliphatic heterocycles. The average Bonchev–Trinajstić information content (AvgIpc) is 2.36. The SMILES string of the molecule is Cc1c(CCC=C(F)F)ccc(OCC=C(F)F)c1F. The van der Waals surface area contributed by atoms with Crippen LogP contribution in [-0.4, -0.2) is 6.61 Å². The van der Waals surface area contributed by atoms with Crippen molar-refractivity contribution in [2.45, 2.75) is 19.8 Å². The highest BCUT2D eigenvalue weighted by Gasteiger charge is 2.10. The Kier molecular flexibility index (Phi) is 6.21. The fourth-order valence-corrected chi connectivity index (χ4v) is 1.61. The molecule has 110 valence electrons. The van der Waals surface area contributed by atoms with Crippen molar-refractivity contribution in [3.05, 3.63) is 53.4 Å². The van der Waals surface area contributed by atoms with Crippen molar-refractivity contribution >= 4 is 0 Å². The van der Waals surface area contributed by atoms with E-state index in [4.69, 9.17) is 4.74 Å². The van der Waals surface area contributed by atoms with Crippen LogP contribution >= 0.6 is 0 Å². The van der Waals surface area contributed by atoms with Crippen molar-refractivity contribution in [1.29, 1.82) is 0 Å². The maximum atomic E-state index is 13.9. The van der Waals surface area contributed by atoms with Crippen LogP contribution in [0.3, 0.4) is 0 Å². The first-order valence-electron chi connectivity index (χ1n) is 5.85. The second kappa shape index (κ2) is 7.67. The zero-order chi connectivity index (χ0) is 15.1. The molecule has 0 saturated carbocycles. The van der Waals surface area contributed by atoms with E-state index in [0.29, 0.717) is 11.6 Å². The number of allylic oxidation sites excluding steroid dienone is 1. The van der Waals surface area contributed by atoms with E-state index in [2.05, 4.69) is 0 Å². The Morgan fingerprint density at radius 1 is 1.10 bits per heavy atom. The molecule has 0 unspecified atom stereocenters. The van der Waals surface area contributed by atoms with Crippen LogP contribution in [0.4, 0.5) is 22.0 Å². The quantitative estimate of drug-likeness (QED) is 0.670. The molecule has 20 heavy (non-hydrogen) atoms. The second-order valence-corrected chi connectivity index (χ2v) is 4.00. The van der Waals surface area contributed by atoms with E-state index >= 15 is 0 Å². The average molecular weight is 292 g/mol. The van der Waals surface area contributed by atoms with Gasteiger partial charge in [-0.15, -0.1) is 0 Å². The summed E-state index contributed by atoms with van der Waals surface area (Å²) in [6.45, 7) is 1.05. The Balaban J connectivity index is 2.76. The summed E-state index contributed by atoms with van der Waals surface area (Å²) in [6, 6.07) is 2.84. The lowest BCUT2D eigenvalue weighted by Gasteiger charge is -2.10. The topological polar surface area (TPSA) is 9.23 Å². The molecule has 0 aromatic heterocycles. The Bertz CT molecular complexity index is 468. The largest absolute Gasteiger partial charge is 0.486 e. The van der Waals surface area contributed by atoms with Gasteiger partial charge in [-0.3, -0.25) is 0 Å². The fraction of sp³-hybridized carbons (Fsp3) is 0.286. The summed E-state index contributed by atoms with van der Waals surface area (Å²) in [5.41, 5.74) is 0.833. The second-order valence-electron chi connectivity index (χ2n) is 4.00. The van der Waals surface area contributed by atoms with Crippen LogP contribution in [0, 0.1) is 12.7 Å². The van der Waals surface area contributed by atoms with Gasteiger partial charge >= 0.3 is 0 Å². The molecule has 0 aliphatic rings. The molecule has 0 aliphatic carbocycles. The van der Waals surface area contributed by atoms with Gasteiger partial charge < -0.3 is 4.74 Å². The number of benzene rings is 1. The molecule has 0 heterocycles. The van der Waals surface area contributed by atoms with E-state index in [1.165, 1.54) is 19.1 Å². The maximum absolute atomic E-state index is 13.9. The first-order chi connectivity index (χ1) is 9.41.